The lowest BCUT2D eigenvalue weighted by atomic mass is 10.0. The third-order valence-electron chi connectivity index (χ3n) is 3.01. The van der Waals surface area contributed by atoms with E-state index in [0.29, 0.717) is 36.7 Å². The van der Waals surface area contributed by atoms with Gasteiger partial charge >= 0.3 is 0 Å². The van der Waals surface area contributed by atoms with Gasteiger partial charge in [-0.25, -0.2) is 8.42 Å². The molecule has 0 radical (unpaired) electrons. The van der Waals surface area contributed by atoms with Crippen LogP contribution in [0.2, 0.25) is 0 Å². The van der Waals surface area contributed by atoms with E-state index in [-0.39, 0.29) is 11.7 Å². The normalized spacial score (nSPS) is 24.9. The van der Waals surface area contributed by atoms with Crippen molar-refractivity contribution in [2.75, 3.05) is 11.5 Å². The van der Waals surface area contributed by atoms with Crippen LogP contribution in [0, 0.1) is 5.92 Å². The Bertz CT molecular complexity index is 495. The Morgan fingerprint density at radius 2 is 2.33 bits per heavy atom. The van der Waals surface area contributed by atoms with Gasteiger partial charge in [0, 0.05) is 6.42 Å². The maximum atomic E-state index is 11.5. The van der Waals surface area contributed by atoms with E-state index < -0.39 is 15.9 Å². The third-order valence-corrected chi connectivity index (χ3v) is 4.90. The molecule has 0 amide bonds. The highest BCUT2D eigenvalue weighted by atomic mass is 32.2. The second-order valence-corrected chi connectivity index (χ2v) is 7.21. The van der Waals surface area contributed by atoms with Crippen molar-refractivity contribution in [3.8, 4) is 0 Å². The molecule has 18 heavy (non-hydrogen) atoms. The van der Waals surface area contributed by atoms with Crippen LogP contribution in [0.5, 0.6) is 0 Å². The maximum Gasteiger partial charge on any atom is 0.229 e. The first-order valence-corrected chi connectivity index (χ1v) is 7.97. The lowest BCUT2D eigenvalue weighted by Gasteiger charge is -2.20. The minimum atomic E-state index is -2.89. The molecule has 2 atom stereocenters. The highest BCUT2D eigenvalue weighted by molar-refractivity contribution is 7.91. The monoisotopic (exact) mass is 274 g/mol. The summed E-state index contributed by atoms with van der Waals surface area (Å²) >= 11 is 0. The minimum absolute atomic E-state index is 0.0840. The van der Waals surface area contributed by atoms with Crippen LogP contribution in [0.25, 0.3) is 0 Å². The molecule has 7 heteroatoms. The van der Waals surface area contributed by atoms with Gasteiger partial charge in [0.05, 0.1) is 24.0 Å². The number of aromatic nitrogens is 2. The van der Waals surface area contributed by atoms with E-state index in [1.54, 1.807) is 6.92 Å². The predicted molar refractivity (Wildman–Crippen MR) is 64.8 cm³/mol. The van der Waals surface area contributed by atoms with Crippen LogP contribution in [0.1, 0.15) is 31.5 Å². The lowest BCUT2D eigenvalue weighted by Crippen LogP contribution is -2.26. The van der Waals surface area contributed by atoms with Gasteiger partial charge in [-0.2, -0.15) is 4.98 Å². The van der Waals surface area contributed by atoms with Crippen molar-refractivity contribution < 1.29 is 18.0 Å². The summed E-state index contributed by atoms with van der Waals surface area (Å²) in [5.74, 6) is 1.53. The number of rotatable bonds is 4. The van der Waals surface area contributed by atoms with E-state index in [4.69, 9.17) is 4.52 Å². The summed E-state index contributed by atoms with van der Waals surface area (Å²) < 4.78 is 28.0. The zero-order valence-corrected chi connectivity index (χ0v) is 11.2. The molecule has 1 aliphatic heterocycles. The van der Waals surface area contributed by atoms with Gasteiger partial charge in [0.1, 0.15) is 0 Å². The van der Waals surface area contributed by atoms with Gasteiger partial charge in [-0.05, 0) is 25.7 Å². The van der Waals surface area contributed by atoms with Crippen molar-refractivity contribution in [2.24, 2.45) is 5.92 Å². The van der Waals surface area contributed by atoms with Crippen molar-refractivity contribution in [3.63, 3.8) is 0 Å². The van der Waals surface area contributed by atoms with Gasteiger partial charge in [0.15, 0.2) is 15.7 Å². The summed E-state index contributed by atoms with van der Waals surface area (Å²) in [7, 11) is -2.89. The van der Waals surface area contributed by atoms with Crippen LogP contribution in [-0.2, 0) is 22.7 Å². The Kier molecular flexibility index (Phi) is 4.01. The molecule has 1 aromatic rings. The van der Waals surface area contributed by atoms with Gasteiger partial charge in [0.25, 0.3) is 0 Å². The molecule has 1 N–H and O–H groups in total. The largest absolute Gasteiger partial charge is 0.393 e. The molecular weight excluding hydrogens is 256 g/mol. The van der Waals surface area contributed by atoms with Crippen molar-refractivity contribution in [1.29, 1.82) is 0 Å². The van der Waals surface area contributed by atoms with Crippen molar-refractivity contribution in [3.05, 3.63) is 11.7 Å². The summed E-state index contributed by atoms with van der Waals surface area (Å²) in [5, 5.41) is 13.0. The van der Waals surface area contributed by atoms with Crippen LogP contribution in [0.3, 0.4) is 0 Å². The van der Waals surface area contributed by atoms with Gasteiger partial charge in [-0.3, -0.25) is 0 Å². The fourth-order valence-corrected chi connectivity index (χ4v) is 4.02. The smallest absolute Gasteiger partial charge is 0.229 e. The zero-order valence-electron chi connectivity index (χ0n) is 10.4. The molecule has 0 aromatic carbocycles. The van der Waals surface area contributed by atoms with Gasteiger partial charge in [-0.1, -0.05) is 5.16 Å². The first kappa shape index (κ1) is 13.5. The number of hydrogen-bond donors (Lipinski definition) is 1. The van der Waals surface area contributed by atoms with Gasteiger partial charge in [-0.15, -0.1) is 0 Å². The fourth-order valence-electron chi connectivity index (χ4n) is 2.25. The Morgan fingerprint density at radius 3 is 3.00 bits per heavy atom. The molecule has 1 aromatic heterocycles. The quantitative estimate of drug-likeness (QED) is 0.852. The van der Waals surface area contributed by atoms with Crippen LogP contribution >= 0.6 is 0 Å². The molecule has 0 aliphatic carbocycles. The van der Waals surface area contributed by atoms with Crippen molar-refractivity contribution in [1.82, 2.24) is 10.1 Å². The van der Waals surface area contributed by atoms with E-state index in [2.05, 4.69) is 10.1 Å². The molecule has 2 heterocycles. The predicted octanol–water partition coefficient (Wildman–Crippen LogP) is 0.360. The molecule has 0 spiro atoms. The average Bonchev–Trinajstić information content (AvgIpc) is 2.62. The SMILES string of the molecule is CC(O)Cc1nc(CC2CCCS(=O)(=O)C2)no1. The Morgan fingerprint density at radius 1 is 1.56 bits per heavy atom. The van der Waals surface area contributed by atoms with Crippen LogP contribution < -0.4 is 0 Å². The number of aliphatic hydroxyl groups is 1. The molecule has 0 saturated carbocycles. The van der Waals surface area contributed by atoms with Crippen LogP contribution in [-0.4, -0.2) is 41.3 Å². The molecule has 2 rings (SSSR count). The standard InChI is InChI=1S/C11H18N2O4S/c1-8(14)5-11-12-10(13-17-11)6-9-3-2-4-18(15,16)7-9/h8-9,14H,2-7H2,1H3. The molecule has 1 aliphatic rings. The molecule has 2 unspecified atom stereocenters. The fraction of sp³-hybridized carbons (Fsp3) is 0.818. The van der Waals surface area contributed by atoms with E-state index in [1.807, 2.05) is 0 Å². The topological polar surface area (TPSA) is 93.3 Å². The summed E-state index contributed by atoms with van der Waals surface area (Å²) in [6.45, 7) is 1.65. The second-order valence-electron chi connectivity index (χ2n) is 4.98. The van der Waals surface area contributed by atoms with Gasteiger partial charge in [0.2, 0.25) is 5.89 Å². The number of hydrogen-bond acceptors (Lipinski definition) is 6. The molecule has 0 bridgehead atoms. The van der Waals surface area contributed by atoms with E-state index in [0.717, 1.165) is 6.42 Å². The average molecular weight is 274 g/mol. The summed E-state index contributed by atoms with van der Waals surface area (Å²) in [6, 6.07) is 0. The zero-order chi connectivity index (χ0) is 13.2. The lowest BCUT2D eigenvalue weighted by molar-refractivity contribution is 0.181. The van der Waals surface area contributed by atoms with Crippen molar-refractivity contribution in [2.45, 2.75) is 38.7 Å². The highest BCUT2D eigenvalue weighted by Gasteiger charge is 2.26. The Labute approximate surface area is 106 Å². The molecule has 102 valence electrons. The van der Waals surface area contributed by atoms with E-state index in [9.17, 15) is 13.5 Å². The Balaban J connectivity index is 1.95. The minimum Gasteiger partial charge on any atom is -0.393 e. The molecule has 6 nitrogen and oxygen atoms in total. The highest BCUT2D eigenvalue weighted by Crippen LogP contribution is 2.21. The summed E-state index contributed by atoms with van der Waals surface area (Å²) in [5.41, 5.74) is 0. The maximum absolute atomic E-state index is 11.5. The molecule has 1 saturated heterocycles. The molecule has 1 fully saturated rings. The Hall–Kier alpha value is -0.950. The summed E-state index contributed by atoms with van der Waals surface area (Å²) in [6.07, 6.45) is 1.94. The van der Waals surface area contributed by atoms with Crippen molar-refractivity contribution >= 4 is 9.84 Å². The van der Waals surface area contributed by atoms with Gasteiger partial charge < -0.3 is 9.63 Å². The summed E-state index contributed by atoms with van der Waals surface area (Å²) in [4.78, 5) is 4.16. The van der Waals surface area contributed by atoms with E-state index >= 15 is 0 Å². The number of aliphatic hydroxyl groups excluding tert-OH is 1. The van der Waals surface area contributed by atoms with Crippen LogP contribution in [0.4, 0.5) is 0 Å². The number of sulfone groups is 1. The second kappa shape index (κ2) is 5.36. The van der Waals surface area contributed by atoms with Crippen LogP contribution in [0.15, 0.2) is 4.52 Å². The third kappa shape index (κ3) is 3.78. The number of nitrogens with zero attached hydrogens (tertiary/aromatic N) is 2. The first-order chi connectivity index (χ1) is 8.44. The molecular formula is C11H18N2O4S. The first-order valence-electron chi connectivity index (χ1n) is 6.14. The van der Waals surface area contributed by atoms with E-state index in [1.165, 1.54) is 0 Å².